The molecule has 112 valence electrons. The first-order valence-electron chi connectivity index (χ1n) is 6.29. The Morgan fingerprint density at radius 1 is 1.33 bits per heavy atom. The summed E-state index contributed by atoms with van der Waals surface area (Å²) in [6, 6.07) is 5.40. The summed E-state index contributed by atoms with van der Waals surface area (Å²) in [5.41, 5.74) is 1.03. The molecule has 0 radical (unpaired) electrons. The maximum absolute atomic E-state index is 11.6. The Bertz CT molecular complexity index is 627. The van der Waals surface area contributed by atoms with Crippen LogP contribution >= 0.6 is 11.3 Å². The minimum atomic E-state index is -0.427. The van der Waals surface area contributed by atoms with E-state index in [0.717, 1.165) is 5.69 Å². The van der Waals surface area contributed by atoms with Gasteiger partial charge in [-0.2, -0.15) is 0 Å². The summed E-state index contributed by atoms with van der Waals surface area (Å²) in [5.74, 6) is 0.898. The van der Waals surface area contributed by atoms with E-state index in [1.165, 1.54) is 11.3 Å². The second-order valence-corrected chi connectivity index (χ2v) is 4.81. The average Bonchev–Trinajstić information content (AvgIpc) is 2.96. The third-order valence-corrected chi connectivity index (χ3v) is 3.40. The van der Waals surface area contributed by atoms with Gasteiger partial charge >= 0.3 is 5.97 Å². The van der Waals surface area contributed by atoms with Crippen LogP contribution in [0.3, 0.4) is 0 Å². The number of ether oxygens (including phenoxy) is 3. The smallest absolute Gasteiger partial charge is 0.357 e. The Hall–Kier alpha value is -2.28. The van der Waals surface area contributed by atoms with E-state index >= 15 is 0 Å². The molecule has 0 bridgehead atoms. The Kier molecular flexibility index (Phi) is 4.99. The first-order chi connectivity index (χ1) is 10.2. The van der Waals surface area contributed by atoms with Gasteiger partial charge in [-0.15, -0.1) is 11.3 Å². The van der Waals surface area contributed by atoms with E-state index in [2.05, 4.69) is 10.3 Å². The van der Waals surface area contributed by atoms with Gasteiger partial charge in [-0.25, -0.2) is 9.78 Å². The van der Waals surface area contributed by atoms with Gasteiger partial charge in [-0.05, 0) is 19.1 Å². The van der Waals surface area contributed by atoms with Crippen LogP contribution in [0.25, 0.3) is 0 Å². The molecule has 2 aromatic rings. The second kappa shape index (κ2) is 6.94. The van der Waals surface area contributed by atoms with E-state index in [1.807, 2.05) is 12.1 Å². The van der Waals surface area contributed by atoms with Crippen LogP contribution in [-0.2, 0) is 4.74 Å². The van der Waals surface area contributed by atoms with Crippen LogP contribution in [0, 0.1) is 0 Å². The number of nitrogens with one attached hydrogen (secondary N) is 1. The maximum Gasteiger partial charge on any atom is 0.357 e. The highest BCUT2D eigenvalue weighted by Gasteiger charge is 2.13. The summed E-state index contributed by atoms with van der Waals surface area (Å²) < 4.78 is 15.3. The monoisotopic (exact) mass is 308 g/mol. The lowest BCUT2D eigenvalue weighted by atomic mass is 10.3. The molecule has 7 heteroatoms. The zero-order chi connectivity index (χ0) is 15.2. The first-order valence-corrected chi connectivity index (χ1v) is 7.17. The number of anilines is 2. The number of rotatable bonds is 6. The van der Waals surface area contributed by atoms with E-state index in [-0.39, 0.29) is 5.69 Å². The molecular weight excluding hydrogens is 292 g/mol. The van der Waals surface area contributed by atoms with E-state index < -0.39 is 5.97 Å². The largest absolute Gasteiger partial charge is 0.497 e. The molecule has 0 aliphatic carbocycles. The van der Waals surface area contributed by atoms with Crippen molar-refractivity contribution in [2.75, 3.05) is 26.1 Å². The number of nitrogens with zero attached hydrogens (tertiary/aromatic N) is 1. The van der Waals surface area contributed by atoms with Gasteiger partial charge in [0, 0.05) is 11.4 Å². The van der Waals surface area contributed by atoms with Gasteiger partial charge in [-0.3, -0.25) is 0 Å². The highest BCUT2D eigenvalue weighted by molar-refractivity contribution is 7.14. The van der Waals surface area contributed by atoms with E-state index in [4.69, 9.17) is 14.2 Å². The van der Waals surface area contributed by atoms with Crippen molar-refractivity contribution < 1.29 is 19.0 Å². The third kappa shape index (κ3) is 3.63. The van der Waals surface area contributed by atoms with Crippen molar-refractivity contribution in [2.24, 2.45) is 0 Å². The maximum atomic E-state index is 11.6. The van der Waals surface area contributed by atoms with Crippen molar-refractivity contribution in [2.45, 2.75) is 6.92 Å². The summed E-state index contributed by atoms with van der Waals surface area (Å²) in [7, 11) is 3.17. The molecule has 2 rings (SSSR count). The zero-order valence-electron chi connectivity index (χ0n) is 12.0. The summed E-state index contributed by atoms with van der Waals surface area (Å²) in [4.78, 5) is 15.8. The van der Waals surface area contributed by atoms with Crippen molar-refractivity contribution in [3.63, 3.8) is 0 Å². The molecule has 0 spiro atoms. The van der Waals surface area contributed by atoms with Gasteiger partial charge < -0.3 is 19.5 Å². The molecule has 0 saturated heterocycles. The molecule has 1 aromatic carbocycles. The molecule has 21 heavy (non-hydrogen) atoms. The van der Waals surface area contributed by atoms with Gasteiger partial charge in [-0.1, -0.05) is 0 Å². The second-order valence-electron chi connectivity index (χ2n) is 3.95. The summed E-state index contributed by atoms with van der Waals surface area (Å²) in [6.45, 7) is 2.08. The molecule has 0 saturated carbocycles. The van der Waals surface area contributed by atoms with Gasteiger partial charge in [0.15, 0.2) is 10.8 Å². The molecular formula is C14H16N2O4S. The highest BCUT2D eigenvalue weighted by Crippen LogP contribution is 2.32. The van der Waals surface area contributed by atoms with Gasteiger partial charge in [0.05, 0.1) is 26.5 Å². The fourth-order valence-corrected chi connectivity index (χ4v) is 2.34. The lowest BCUT2D eigenvalue weighted by Crippen LogP contribution is -2.05. The van der Waals surface area contributed by atoms with Gasteiger partial charge in [0.25, 0.3) is 0 Å². The topological polar surface area (TPSA) is 69.7 Å². The molecule has 0 amide bonds. The number of methoxy groups -OCH3 is 2. The molecule has 6 nitrogen and oxygen atoms in total. The number of thiazole rings is 1. The van der Waals surface area contributed by atoms with E-state index in [9.17, 15) is 4.79 Å². The summed E-state index contributed by atoms with van der Waals surface area (Å²) >= 11 is 1.32. The van der Waals surface area contributed by atoms with Crippen LogP contribution in [0.2, 0.25) is 0 Å². The van der Waals surface area contributed by atoms with Gasteiger partial charge in [0.1, 0.15) is 11.5 Å². The van der Waals surface area contributed by atoms with Crippen molar-refractivity contribution in [3.8, 4) is 11.5 Å². The van der Waals surface area contributed by atoms with E-state index in [0.29, 0.717) is 23.2 Å². The van der Waals surface area contributed by atoms with E-state index in [1.54, 1.807) is 32.6 Å². The molecule has 0 unspecified atom stereocenters. The minimum absolute atomic E-state index is 0.289. The molecule has 0 aliphatic rings. The van der Waals surface area contributed by atoms with Crippen LogP contribution in [0.15, 0.2) is 23.6 Å². The molecule has 0 atom stereocenters. The summed E-state index contributed by atoms with van der Waals surface area (Å²) in [5, 5.41) is 5.35. The molecule has 0 aliphatic heterocycles. The Labute approximate surface area is 126 Å². The predicted molar refractivity (Wildman–Crippen MR) is 80.9 cm³/mol. The van der Waals surface area contributed by atoms with Crippen molar-refractivity contribution in [1.29, 1.82) is 0 Å². The molecule has 1 aromatic heterocycles. The Morgan fingerprint density at radius 3 is 2.81 bits per heavy atom. The molecule has 1 heterocycles. The highest BCUT2D eigenvalue weighted by atomic mass is 32.1. The standard InChI is InChI=1S/C14H16N2O4S/c1-4-20-13(17)11-8-21-14(16-11)15-10-6-5-9(18-2)7-12(10)19-3/h5-8H,4H2,1-3H3,(H,15,16). The summed E-state index contributed by atoms with van der Waals surface area (Å²) in [6.07, 6.45) is 0. The number of aromatic nitrogens is 1. The van der Waals surface area contributed by atoms with Crippen LogP contribution in [0.4, 0.5) is 10.8 Å². The van der Waals surface area contributed by atoms with Crippen LogP contribution < -0.4 is 14.8 Å². The SMILES string of the molecule is CCOC(=O)c1csc(Nc2ccc(OC)cc2OC)n1. The van der Waals surface area contributed by atoms with Crippen molar-refractivity contribution in [1.82, 2.24) is 4.98 Å². The molecule has 0 fully saturated rings. The normalized spacial score (nSPS) is 10.0. The number of hydrogen-bond acceptors (Lipinski definition) is 7. The van der Waals surface area contributed by atoms with Crippen LogP contribution in [-0.4, -0.2) is 31.8 Å². The first kappa shape index (κ1) is 15.1. The quantitative estimate of drug-likeness (QED) is 0.827. The minimum Gasteiger partial charge on any atom is -0.497 e. The number of carbonyl (C=O) groups excluding carboxylic acids is 1. The average molecular weight is 308 g/mol. The Morgan fingerprint density at radius 2 is 2.14 bits per heavy atom. The predicted octanol–water partition coefficient (Wildman–Crippen LogP) is 3.08. The van der Waals surface area contributed by atoms with Crippen LogP contribution in [0.1, 0.15) is 17.4 Å². The fourth-order valence-electron chi connectivity index (χ4n) is 1.65. The number of esters is 1. The number of benzene rings is 1. The van der Waals surface area contributed by atoms with Crippen LogP contribution in [0.5, 0.6) is 11.5 Å². The number of hydrogen-bond donors (Lipinski definition) is 1. The van der Waals surface area contributed by atoms with Crippen molar-refractivity contribution in [3.05, 3.63) is 29.3 Å². The fraction of sp³-hybridized carbons (Fsp3) is 0.286. The lowest BCUT2D eigenvalue weighted by molar-refractivity contribution is 0.0520. The van der Waals surface area contributed by atoms with Crippen molar-refractivity contribution >= 4 is 28.1 Å². The number of carbonyl (C=O) groups is 1. The Balaban J connectivity index is 2.16. The zero-order valence-corrected chi connectivity index (χ0v) is 12.8. The third-order valence-electron chi connectivity index (χ3n) is 2.64. The lowest BCUT2D eigenvalue weighted by Gasteiger charge is -2.10. The van der Waals surface area contributed by atoms with Gasteiger partial charge in [0.2, 0.25) is 0 Å². The molecule has 1 N–H and O–H groups in total.